The van der Waals surface area contributed by atoms with E-state index in [2.05, 4.69) is 6.58 Å². The van der Waals surface area contributed by atoms with Crippen LogP contribution in [0.2, 0.25) is 0 Å². The van der Waals surface area contributed by atoms with Gasteiger partial charge in [-0.2, -0.15) is 0 Å². The van der Waals surface area contributed by atoms with Crippen molar-refractivity contribution in [2.75, 3.05) is 13.2 Å². The summed E-state index contributed by atoms with van der Waals surface area (Å²) in [6.45, 7) is 4.97. The van der Waals surface area contributed by atoms with E-state index >= 15 is 0 Å². The van der Waals surface area contributed by atoms with Gasteiger partial charge in [0.05, 0.1) is 45.1 Å². The Balaban J connectivity index is 2.13. The molecule has 108 valence electrons. The van der Waals surface area contributed by atoms with Crippen molar-refractivity contribution in [2.45, 2.75) is 31.8 Å². The van der Waals surface area contributed by atoms with E-state index in [4.69, 9.17) is 9.47 Å². The zero-order valence-corrected chi connectivity index (χ0v) is 10.9. The molecule has 0 aromatic carbocycles. The van der Waals surface area contributed by atoms with Crippen molar-refractivity contribution in [3.05, 3.63) is 44.1 Å². The number of rotatable bonds is 6. The van der Waals surface area contributed by atoms with Gasteiger partial charge in [-0.15, -0.1) is 6.58 Å². The Morgan fingerprint density at radius 3 is 1.70 bits per heavy atom. The predicted octanol–water partition coefficient (Wildman–Crippen LogP) is -1.84. The predicted molar refractivity (Wildman–Crippen MR) is 68.9 cm³/mol. The third kappa shape index (κ3) is 2.39. The summed E-state index contributed by atoms with van der Waals surface area (Å²) in [6.07, 6.45) is 1.20. The van der Waals surface area contributed by atoms with E-state index in [1.807, 2.05) is 0 Å². The summed E-state index contributed by atoms with van der Waals surface area (Å²) in [6, 6.07) is 0. The fraction of sp³-hybridized carbons (Fsp3) is 0.583. The summed E-state index contributed by atoms with van der Waals surface area (Å²) in [5.41, 5.74) is -1.85. The van der Waals surface area contributed by atoms with Crippen LogP contribution < -0.4 is 17.1 Å². The van der Waals surface area contributed by atoms with E-state index in [1.54, 1.807) is 0 Å². The van der Waals surface area contributed by atoms with Crippen LogP contribution in [-0.2, 0) is 29.1 Å². The molecule has 0 saturated carbocycles. The summed E-state index contributed by atoms with van der Waals surface area (Å²) in [5, 5.41) is 0. The highest BCUT2D eigenvalue weighted by Crippen LogP contribution is 2.10. The second-order valence-corrected chi connectivity index (χ2v) is 4.88. The van der Waals surface area contributed by atoms with Crippen LogP contribution in [0.25, 0.3) is 0 Å². The van der Waals surface area contributed by atoms with Gasteiger partial charge >= 0.3 is 17.1 Å². The number of allylic oxidation sites excluding steroid dienone is 1. The van der Waals surface area contributed by atoms with Gasteiger partial charge in [-0.3, -0.25) is 0 Å². The van der Waals surface area contributed by atoms with Gasteiger partial charge in [0.15, 0.2) is 0 Å². The van der Waals surface area contributed by atoms with Crippen molar-refractivity contribution in [1.82, 2.24) is 13.7 Å². The molecule has 0 aliphatic carbocycles. The molecule has 8 nitrogen and oxygen atoms in total. The lowest BCUT2D eigenvalue weighted by Gasteiger charge is -2.11. The first kappa shape index (κ1) is 13.1. The van der Waals surface area contributed by atoms with Gasteiger partial charge in [-0.1, -0.05) is 6.08 Å². The molecule has 20 heavy (non-hydrogen) atoms. The first-order valence-corrected chi connectivity index (χ1v) is 6.40. The average molecular weight is 281 g/mol. The molecule has 3 heterocycles. The normalized spacial score (nSPS) is 23.6. The van der Waals surface area contributed by atoms with E-state index in [9.17, 15) is 14.4 Å². The molecule has 2 unspecified atom stereocenters. The maximum Gasteiger partial charge on any atom is 0.336 e. The molecule has 2 fully saturated rings. The quantitative estimate of drug-likeness (QED) is 0.451. The second-order valence-electron chi connectivity index (χ2n) is 4.88. The third-order valence-electron chi connectivity index (χ3n) is 3.27. The highest BCUT2D eigenvalue weighted by Gasteiger charge is 2.29. The Hall–Kier alpha value is -1.93. The molecule has 2 aliphatic heterocycles. The lowest BCUT2D eigenvalue weighted by Crippen LogP contribution is -2.55. The van der Waals surface area contributed by atoms with Crippen molar-refractivity contribution in [2.24, 2.45) is 0 Å². The van der Waals surface area contributed by atoms with Gasteiger partial charge in [0.1, 0.15) is 0 Å². The fourth-order valence-corrected chi connectivity index (χ4v) is 2.03. The number of nitrogens with zero attached hydrogens (tertiary/aromatic N) is 3. The van der Waals surface area contributed by atoms with Gasteiger partial charge in [0.2, 0.25) is 0 Å². The minimum atomic E-state index is -0.622. The first-order valence-electron chi connectivity index (χ1n) is 6.40. The van der Waals surface area contributed by atoms with Crippen LogP contribution in [-0.4, -0.2) is 39.1 Å². The molecule has 1 aromatic heterocycles. The van der Waals surface area contributed by atoms with Crippen LogP contribution in [0.1, 0.15) is 0 Å². The Bertz CT molecular complexity index is 653. The first-order chi connectivity index (χ1) is 9.61. The SMILES string of the molecule is C=CCn1c(=O)n(CC2CO2)c(=O)n(CC2CO2)c1=O. The Morgan fingerprint density at radius 2 is 1.35 bits per heavy atom. The van der Waals surface area contributed by atoms with Crippen molar-refractivity contribution in [3.63, 3.8) is 0 Å². The Labute approximate surface area is 113 Å². The molecule has 1 aromatic rings. The lowest BCUT2D eigenvalue weighted by atomic mass is 10.4. The van der Waals surface area contributed by atoms with Crippen LogP contribution in [0.5, 0.6) is 0 Å². The molecule has 2 aliphatic rings. The summed E-state index contributed by atoms with van der Waals surface area (Å²) in [4.78, 5) is 36.7. The largest absolute Gasteiger partial charge is 0.371 e. The van der Waals surface area contributed by atoms with Crippen LogP contribution in [0.4, 0.5) is 0 Å². The van der Waals surface area contributed by atoms with Crippen molar-refractivity contribution < 1.29 is 9.47 Å². The number of aromatic nitrogens is 3. The standard InChI is InChI=1S/C12H15N3O5/c1-2-3-13-10(16)14(4-8-6-19-8)12(18)15(11(13)17)5-9-7-20-9/h2,8-9H,1,3-7H2. The van der Waals surface area contributed by atoms with Crippen molar-refractivity contribution in [3.8, 4) is 0 Å². The second kappa shape index (κ2) is 4.88. The van der Waals surface area contributed by atoms with E-state index in [1.165, 1.54) is 6.08 Å². The minimum Gasteiger partial charge on any atom is -0.371 e. The van der Waals surface area contributed by atoms with Gasteiger partial charge < -0.3 is 9.47 Å². The smallest absolute Gasteiger partial charge is 0.336 e. The topological polar surface area (TPSA) is 91.1 Å². The summed E-state index contributed by atoms with van der Waals surface area (Å²) in [7, 11) is 0. The van der Waals surface area contributed by atoms with E-state index in [-0.39, 0.29) is 31.8 Å². The number of epoxide rings is 2. The van der Waals surface area contributed by atoms with Gasteiger partial charge in [0, 0.05) is 0 Å². The van der Waals surface area contributed by atoms with Gasteiger partial charge in [-0.05, 0) is 0 Å². The maximum absolute atomic E-state index is 12.3. The number of hydrogen-bond donors (Lipinski definition) is 0. The molecular formula is C12H15N3O5. The molecule has 8 heteroatoms. The van der Waals surface area contributed by atoms with Crippen LogP contribution in [0, 0.1) is 0 Å². The summed E-state index contributed by atoms with van der Waals surface area (Å²) >= 11 is 0. The van der Waals surface area contributed by atoms with Gasteiger partial charge in [-0.25, -0.2) is 28.1 Å². The Morgan fingerprint density at radius 1 is 0.950 bits per heavy atom. The third-order valence-corrected chi connectivity index (χ3v) is 3.27. The number of hydrogen-bond acceptors (Lipinski definition) is 5. The minimum absolute atomic E-state index is 0.0645. The molecule has 2 atom stereocenters. The highest BCUT2D eigenvalue weighted by atomic mass is 16.6. The summed E-state index contributed by atoms with van der Waals surface area (Å²) < 4.78 is 13.2. The summed E-state index contributed by atoms with van der Waals surface area (Å²) in [5.74, 6) is 0. The van der Waals surface area contributed by atoms with E-state index in [0.29, 0.717) is 13.2 Å². The molecule has 2 saturated heterocycles. The van der Waals surface area contributed by atoms with Crippen LogP contribution >= 0.6 is 0 Å². The highest BCUT2D eigenvalue weighted by molar-refractivity contribution is 4.86. The molecular weight excluding hydrogens is 266 g/mol. The van der Waals surface area contributed by atoms with Crippen LogP contribution in [0.15, 0.2) is 27.0 Å². The van der Waals surface area contributed by atoms with E-state index in [0.717, 1.165) is 13.7 Å². The lowest BCUT2D eigenvalue weighted by molar-refractivity contribution is 0.343. The molecule has 0 spiro atoms. The average Bonchev–Trinajstić information content (AvgIpc) is 3.30. The molecule has 0 N–H and O–H groups in total. The molecule has 0 radical (unpaired) electrons. The van der Waals surface area contributed by atoms with E-state index < -0.39 is 17.1 Å². The van der Waals surface area contributed by atoms with Crippen molar-refractivity contribution in [1.29, 1.82) is 0 Å². The molecule has 3 rings (SSSR count). The molecule has 0 amide bonds. The Kier molecular flexibility index (Phi) is 3.19. The monoisotopic (exact) mass is 281 g/mol. The van der Waals surface area contributed by atoms with Crippen LogP contribution in [0.3, 0.4) is 0 Å². The molecule has 0 bridgehead atoms. The number of ether oxygens (including phenoxy) is 2. The van der Waals surface area contributed by atoms with Gasteiger partial charge in [0.25, 0.3) is 0 Å². The fourth-order valence-electron chi connectivity index (χ4n) is 2.03. The zero-order valence-electron chi connectivity index (χ0n) is 10.9. The zero-order chi connectivity index (χ0) is 14.3. The van der Waals surface area contributed by atoms with Crippen molar-refractivity contribution >= 4 is 0 Å². The maximum atomic E-state index is 12.3.